The van der Waals surface area contributed by atoms with Crippen molar-refractivity contribution in [3.05, 3.63) is 47.4 Å². The Balaban J connectivity index is 2.19. The number of sulfonamides is 1. The number of hydrogen-bond acceptors (Lipinski definition) is 5. The van der Waals surface area contributed by atoms with Crippen LogP contribution in [0, 0.1) is 0 Å². The molecule has 6 nitrogen and oxygen atoms in total. The third-order valence-electron chi connectivity index (χ3n) is 3.02. The molecule has 0 saturated carbocycles. The molecule has 1 unspecified atom stereocenters. The van der Waals surface area contributed by atoms with Crippen LogP contribution in [-0.2, 0) is 14.8 Å². The van der Waals surface area contributed by atoms with Crippen LogP contribution in [0.5, 0.6) is 5.75 Å². The van der Waals surface area contributed by atoms with Gasteiger partial charge in [0.15, 0.2) is 0 Å². The molecule has 0 bridgehead atoms. The smallest absolute Gasteiger partial charge is 0.244 e. The van der Waals surface area contributed by atoms with E-state index in [1.165, 1.54) is 32.6 Å². The Hall–Kier alpha value is -1.54. The lowest BCUT2D eigenvalue weighted by atomic mass is 10.3. The highest BCUT2D eigenvalue weighted by Crippen LogP contribution is 2.27. The number of furan rings is 1. The van der Waals surface area contributed by atoms with Gasteiger partial charge in [0.25, 0.3) is 0 Å². The highest BCUT2D eigenvalue weighted by molar-refractivity contribution is 7.89. The fourth-order valence-electron chi connectivity index (χ4n) is 1.90. The van der Waals surface area contributed by atoms with E-state index in [-0.39, 0.29) is 17.2 Å². The van der Waals surface area contributed by atoms with E-state index in [2.05, 4.69) is 4.72 Å². The van der Waals surface area contributed by atoms with E-state index >= 15 is 0 Å². The summed E-state index contributed by atoms with van der Waals surface area (Å²) in [6.45, 7) is 0.0159. The number of hydrogen-bond donors (Lipinski definition) is 1. The van der Waals surface area contributed by atoms with Gasteiger partial charge in [-0.3, -0.25) is 0 Å². The van der Waals surface area contributed by atoms with Crippen LogP contribution >= 0.6 is 11.6 Å². The van der Waals surface area contributed by atoms with Crippen molar-refractivity contribution in [3.63, 3.8) is 0 Å². The summed E-state index contributed by atoms with van der Waals surface area (Å²) >= 11 is 5.86. The zero-order valence-electron chi connectivity index (χ0n) is 12.1. The molecule has 0 spiro atoms. The topological polar surface area (TPSA) is 77.8 Å². The quantitative estimate of drug-likeness (QED) is 0.834. The van der Waals surface area contributed by atoms with Gasteiger partial charge in [-0.15, -0.1) is 0 Å². The molecule has 2 aromatic rings. The molecular formula is C14H16ClNO5S. The summed E-state index contributed by atoms with van der Waals surface area (Å²) in [5, 5.41) is 0.301. The zero-order valence-corrected chi connectivity index (χ0v) is 13.6. The van der Waals surface area contributed by atoms with Crippen molar-refractivity contribution >= 4 is 21.6 Å². The molecule has 0 saturated heterocycles. The van der Waals surface area contributed by atoms with Crippen molar-refractivity contribution in [2.45, 2.75) is 11.0 Å². The number of halogens is 1. The maximum Gasteiger partial charge on any atom is 0.244 e. The number of rotatable bonds is 7. The lowest BCUT2D eigenvalue weighted by Gasteiger charge is -2.15. The number of nitrogens with one attached hydrogen (secondary N) is 1. The molecule has 0 aliphatic heterocycles. The van der Waals surface area contributed by atoms with Crippen molar-refractivity contribution in [2.24, 2.45) is 0 Å². The average molecular weight is 346 g/mol. The molecule has 0 fully saturated rings. The molecule has 0 radical (unpaired) electrons. The van der Waals surface area contributed by atoms with E-state index in [1.54, 1.807) is 18.2 Å². The standard InChI is InChI=1S/C14H16ClNO5S/c1-19-12-6-5-10(15)8-14(12)22(17,18)16-9-13(20-2)11-4-3-7-21-11/h3-8,13,16H,9H2,1-2H3. The van der Waals surface area contributed by atoms with Crippen molar-refractivity contribution in [1.29, 1.82) is 0 Å². The SMILES string of the molecule is COc1ccc(Cl)cc1S(=O)(=O)NCC(OC)c1ccco1. The number of benzene rings is 1. The zero-order chi connectivity index (χ0) is 16.2. The van der Waals surface area contributed by atoms with Crippen LogP contribution < -0.4 is 9.46 Å². The predicted molar refractivity (Wildman–Crippen MR) is 81.7 cm³/mol. The van der Waals surface area contributed by atoms with Crippen LogP contribution in [0.25, 0.3) is 0 Å². The monoisotopic (exact) mass is 345 g/mol. The van der Waals surface area contributed by atoms with E-state index in [1.807, 2.05) is 0 Å². The van der Waals surface area contributed by atoms with E-state index in [0.717, 1.165) is 0 Å². The average Bonchev–Trinajstić information content (AvgIpc) is 3.02. The van der Waals surface area contributed by atoms with Crippen LogP contribution in [-0.4, -0.2) is 29.2 Å². The molecule has 8 heteroatoms. The lowest BCUT2D eigenvalue weighted by molar-refractivity contribution is 0.0878. The van der Waals surface area contributed by atoms with Crippen molar-refractivity contribution in [2.75, 3.05) is 20.8 Å². The van der Waals surface area contributed by atoms with Gasteiger partial charge in [-0.2, -0.15) is 0 Å². The van der Waals surface area contributed by atoms with Gasteiger partial charge in [0.05, 0.1) is 13.4 Å². The fourth-order valence-corrected chi connectivity index (χ4v) is 3.36. The Morgan fingerprint density at radius 1 is 1.32 bits per heavy atom. The first-order chi connectivity index (χ1) is 10.5. The molecule has 1 aromatic heterocycles. The third-order valence-corrected chi connectivity index (χ3v) is 4.70. The van der Waals surface area contributed by atoms with Crippen molar-refractivity contribution in [3.8, 4) is 5.75 Å². The van der Waals surface area contributed by atoms with Gasteiger partial charge in [0, 0.05) is 18.7 Å². The van der Waals surface area contributed by atoms with Gasteiger partial charge in [-0.05, 0) is 30.3 Å². The molecule has 1 atom stereocenters. The van der Waals surface area contributed by atoms with Gasteiger partial charge in [-0.1, -0.05) is 11.6 Å². The largest absolute Gasteiger partial charge is 0.495 e. The van der Waals surface area contributed by atoms with Crippen LogP contribution in [0.1, 0.15) is 11.9 Å². The Bertz CT molecular complexity index is 715. The summed E-state index contributed by atoms with van der Waals surface area (Å²) in [5.41, 5.74) is 0. The summed E-state index contributed by atoms with van der Waals surface area (Å²) < 4.78 is 42.8. The minimum atomic E-state index is -3.80. The fraction of sp³-hybridized carbons (Fsp3) is 0.286. The van der Waals surface area contributed by atoms with Gasteiger partial charge in [0.1, 0.15) is 22.5 Å². The van der Waals surface area contributed by atoms with E-state index < -0.39 is 16.1 Å². The van der Waals surface area contributed by atoms with E-state index in [4.69, 9.17) is 25.5 Å². The van der Waals surface area contributed by atoms with Crippen LogP contribution in [0.2, 0.25) is 5.02 Å². The molecule has 0 amide bonds. The Labute approximate surface area is 134 Å². The van der Waals surface area contributed by atoms with Gasteiger partial charge >= 0.3 is 0 Å². The first kappa shape index (κ1) is 16.8. The summed E-state index contributed by atoms with van der Waals surface area (Å²) in [7, 11) is -0.937. The maximum atomic E-state index is 12.4. The molecule has 22 heavy (non-hydrogen) atoms. The summed E-state index contributed by atoms with van der Waals surface area (Å²) in [6.07, 6.45) is 0.963. The van der Waals surface area contributed by atoms with E-state index in [9.17, 15) is 8.42 Å². The Morgan fingerprint density at radius 2 is 2.09 bits per heavy atom. The van der Waals surface area contributed by atoms with E-state index in [0.29, 0.717) is 10.8 Å². The molecule has 120 valence electrons. The normalized spacial score (nSPS) is 13.0. The molecule has 1 heterocycles. The van der Waals surface area contributed by atoms with Crippen LogP contribution in [0.3, 0.4) is 0 Å². The molecular weight excluding hydrogens is 330 g/mol. The van der Waals surface area contributed by atoms with Gasteiger partial charge in [-0.25, -0.2) is 13.1 Å². The molecule has 2 rings (SSSR count). The number of ether oxygens (including phenoxy) is 2. The van der Waals surface area contributed by atoms with Crippen molar-refractivity contribution < 1.29 is 22.3 Å². The predicted octanol–water partition coefficient (Wildman–Crippen LogP) is 2.61. The summed E-state index contributed by atoms with van der Waals surface area (Å²) in [6, 6.07) is 7.80. The molecule has 0 aliphatic carbocycles. The van der Waals surface area contributed by atoms with Gasteiger partial charge in [0.2, 0.25) is 10.0 Å². The highest BCUT2D eigenvalue weighted by atomic mass is 35.5. The Morgan fingerprint density at radius 3 is 2.68 bits per heavy atom. The van der Waals surface area contributed by atoms with Crippen LogP contribution in [0.4, 0.5) is 0 Å². The van der Waals surface area contributed by atoms with Crippen molar-refractivity contribution in [1.82, 2.24) is 4.72 Å². The third kappa shape index (κ3) is 3.80. The summed E-state index contributed by atoms with van der Waals surface area (Å²) in [4.78, 5) is -0.0307. The van der Waals surface area contributed by atoms with Crippen LogP contribution in [0.15, 0.2) is 45.9 Å². The maximum absolute atomic E-state index is 12.4. The molecule has 1 aromatic carbocycles. The second kappa shape index (κ2) is 7.15. The Kier molecular flexibility index (Phi) is 5.47. The number of methoxy groups -OCH3 is 2. The first-order valence-corrected chi connectivity index (χ1v) is 8.23. The van der Waals surface area contributed by atoms with Gasteiger partial charge < -0.3 is 13.9 Å². The minimum absolute atomic E-state index is 0.0159. The highest BCUT2D eigenvalue weighted by Gasteiger charge is 2.23. The lowest BCUT2D eigenvalue weighted by Crippen LogP contribution is -2.29. The molecule has 0 aliphatic rings. The second-order valence-corrected chi connectivity index (χ2v) is 6.56. The second-order valence-electron chi connectivity index (χ2n) is 4.39. The minimum Gasteiger partial charge on any atom is -0.495 e. The molecule has 1 N–H and O–H groups in total. The first-order valence-electron chi connectivity index (χ1n) is 6.37. The summed E-state index contributed by atoms with van der Waals surface area (Å²) in [5.74, 6) is 0.743.